The fraction of sp³-hybridized carbons (Fsp3) is 0. The summed E-state index contributed by atoms with van der Waals surface area (Å²) in [6.45, 7) is 0. The fourth-order valence-electron chi connectivity index (χ4n) is 1.36. The largest absolute Gasteiger partial charge is 0.0622 e. The zero-order valence-corrected chi connectivity index (χ0v) is 12.4. The minimum atomic E-state index is 1.05. The van der Waals surface area contributed by atoms with Gasteiger partial charge in [0.15, 0.2) is 0 Å². The Bertz CT molecular complexity index is 478. The average molecular weight is 391 g/mol. The van der Waals surface area contributed by atoms with E-state index in [4.69, 9.17) is 0 Å². The van der Waals surface area contributed by atoms with Gasteiger partial charge in [0.2, 0.25) is 0 Å². The Hall–Kier alpha value is -0.120. The Morgan fingerprint density at radius 2 is 1.27 bits per heavy atom. The summed E-state index contributed by atoms with van der Waals surface area (Å²) in [5.74, 6) is 0. The molecule has 3 heteroatoms. The van der Waals surface area contributed by atoms with Gasteiger partial charge in [-0.15, -0.1) is 0 Å². The van der Waals surface area contributed by atoms with E-state index in [2.05, 4.69) is 66.0 Å². The molecule has 0 aliphatic heterocycles. The quantitative estimate of drug-likeness (QED) is 0.552. The molecule has 76 valence electrons. The molecule has 0 aliphatic rings. The van der Waals surface area contributed by atoms with Crippen molar-refractivity contribution < 1.29 is 0 Å². The lowest BCUT2D eigenvalue weighted by atomic mass is 10.1. The number of halogens is 3. The van der Waals surface area contributed by atoms with Crippen LogP contribution in [-0.4, -0.2) is 0 Å². The van der Waals surface area contributed by atoms with Gasteiger partial charge >= 0.3 is 0 Å². The molecule has 0 atom stereocenters. The monoisotopic (exact) mass is 388 g/mol. The Balaban J connectivity index is 2.59. The summed E-state index contributed by atoms with van der Waals surface area (Å²) in [6, 6.07) is 14.4. The molecule has 0 spiro atoms. The normalized spacial score (nSPS) is 10.3. The Morgan fingerprint density at radius 3 is 1.93 bits per heavy atom. The van der Waals surface area contributed by atoms with Crippen LogP contribution in [0.2, 0.25) is 0 Å². The molecular formula is C12H7Br3. The van der Waals surface area contributed by atoms with Crippen molar-refractivity contribution in [2.24, 2.45) is 0 Å². The molecule has 0 amide bonds. The highest BCUT2D eigenvalue weighted by Gasteiger charge is 2.06. The van der Waals surface area contributed by atoms with E-state index in [0.717, 1.165) is 13.4 Å². The predicted molar refractivity (Wildman–Crippen MR) is 75.0 cm³/mol. The molecule has 0 aromatic heterocycles. The summed E-state index contributed by atoms with van der Waals surface area (Å²) in [5, 5.41) is 0. The van der Waals surface area contributed by atoms with Gasteiger partial charge in [-0.25, -0.2) is 0 Å². The third-order valence-electron chi connectivity index (χ3n) is 2.09. The lowest BCUT2D eigenvalue weighted by Gasteiger charge is -2.06. The van der Waals surface area contributed by atoms with Gasteiger partial charge in [-0.05, 0) is 55.1 Å². The van der Waals surface area contributed by atoms with Crippen molar-refractivity contribution >= 4 is 47.8 Å². The molecule has 0 saturated heterocycles. The molecule has 0 fully saturated rings. The summed E-state index contributed by atoms with van der Waals surface area (Å²) in [5.41, 5.74) is 2.39. The lowest BCUT2D eigenvalue weighted by molar-refractivity contribution is 1.52. The molecular weight excluding hydrogens is 384 g/mol. The highest BCUT2D eigenvalue weighted by Crippen LogP contribution is 2.35. The van der Waals surface area contributed by atoms with E-state index in [1.807, 2.05) is 24.3 Å². The van der Waals surface area contributed by atoms with Crippen LogP contribution in [0.1, 0.15) is 0 Å². The topological polar surface area (TPSA) is 0 Å². The number of hydrogen-bond donors (Lipinski definition) is 0. The van der Waals surface area contributed by atoms with Crippen molar-refractivity contribution in [3.8, 4) is 11.1 Å². The van der Waals surface area contributed by atoms with E-state index in [0.29, 0.717) is 0 Å². The van der Waals surface area contributed by atoms with E-state index in [1.54, 1.807) is 0 Å². The molecule has 0 aliphatic carbocycles. The van der Waals surface area contributed by atoms with Gasteiger partial charge in [0, 0.05) is 13.4 Å². The molecule has 15 heavy (non-hydrogen) atoms. The molecule has 2 aromatic carbocycles. The maximum atomic E-state index is 3.57. The van der Waals surface area contributed by atoms with Crippen LogP contribution in [0.4, 0.5) is 0 Å². The van der Waals surface area contributed by atoms with E-state index in [9.17, 15) is 0 Å². The van der Waals surface area contributed by atoms with Gasteiger partial charge in [-0.2, -0.15) is 0 Å². The number of hydrogen-bond acceptors (Lipinski definition) is 0. The smallest absolute Gasteiger partial charge is 0.0329 e. The molecule has 2 rings (SSSR count). The van der Waals surface area contributed by atoms with Crippen LogP contribution in [0.5, 0.6) is 0 Å². The van der Waals surface area contributed by atoms with Crippen molar-refractivity contribution in [2.75, 3.05) is 0 Å². The standard InChI is InChI=1S/C12H7Br3/c13-10-7-12(15)11(14)6-9(10)8-4-2-1-3-5-8/h1-7H. The summed E-state index contributed by atoms with van der Waals surface area (Å²) < 4.78 is 3.20. The van der Waals surface area contributed by atoms with Crippen LogP contribution in [0, 0.1) is 0 Å². The summed E-state index contributed by atoms with van der Waals surface area (Å²) in [6.07, 6.45) is 0. The van der Waals surface area contributed by atoms with Crippen molar-refractivity contribution in [2.45, 2.75) is 0 Å². The van der Waals surface area contributed by atoms with Crippen molar-refractivity contribution in [1.29, 1.82) is 0 Å². The lowest BCUT2D eigenvalue weighted by Crippen LogP contribution is -1.81. The zero-order valence-electron chi connectivity index (χ0n) is 7.68. The SMILES string of the molecule is Brc1cc(Br)c(-c2ccccc2)cc1Br. The van der Waals surface area contributed by atoms with Crippen LogP contribution in [0.15, 0.2) is 55.9 Å². The molecule has 0 unspecified atom stereocenters. The molecule has 0 saturated carbocycles. The van der Waals surface area contributed by atoms with E-state index >= 15 is 0 Å². The van der Waals surface area contributed by atoms with Crippen LogP contribution >= 0.6 is 47.8 Å². The Morgan fingerprint density at radius 1 is 0.667 bits per heavy atom. The first-order valence-electron chi connectivity index (χ1n) is 4.38. The van der Waals surface area contributed by atoms with Crippen LogP contribution in [-0.2, 0) is 0 Å². The summed E-state index contributed by atoms with van der Waals surface area (Å²) in [7, 11) is 0. The second-order valence-corrected chi connectivity index (χ2v) is 5.68. The van der Waals surface area contributed by atoms with E-state index in [-0.39, 0.29) is 0 Å². The first-order chi connectivity index (χ1) is 7.18. The average Bonchev–Trinajstić information content (AvgIpc) is 2.25. The minimum Gasteiger partial charge on any atom is -0.0622 e. The Kier molecular flexibility index (Phi) is 3.65. The molecule has 0 N–H and O–H groups in total. The third-order valence-corrected chi connectivity index (χ3v) is 4.60. The van der Waals surface area contributed by atoms with Crippen LogP contribution in [0.3, 0.4) is 0 Å². The molecule has 0 radical (unpaired) electrons. The fourth-order valence-corrected chi connectivity index (χ4v) is 2.93. The first-order valence-corrected chi connectivity index (χ1v) is 6.76. The van der Waals surface area contributed by atoms with Crippen molar-refractivity contribution in [1.82, 2.24) is 0 Å². The summed E-state index contributed by atoms with van der Waals surface area (Å²) in [4.78, 5) is 0. The van der Waals surface area contributed by atoms with Gasteiger partial charge < -0.3 is 0 Å². The maximum Gasteiger partial charge on any atom is 0.0329 e. The molecule has 0 nitrogen and oxygen atoms in total. The molecule has 2 aromatic rings. The second kappa shape index (κ2) is 4.81. The van der Waals surface area contributed by atoms with Gasteiger partial charge in [0.25, 0.3) is 0 Å². The van der Waals surface area contributed by atoms with Crippen LogP contribution < -0.4 is 0 Å². The molecule has 0 bridgehead atoms. The van der Waals surface area contributed by atoms with Gasteiger partial charge in [-0.1, -0.05) is 46.3 Å². The van der Waals surface area contributed by atoms with Gasteiger partial charge in [0.1, 0.15) is 0 Å². The van der Waals surface area contributed by atoms with Crippen LogP contribution in [0.25, 0.3) is 11.1 Å². The third kappa shape index (κ3) is 2.52. The Labute approximate surface area is 114 Å². The maximum absolute atomic E-state index is 3.57. The predicted octanol–water partition coefficient (Wildman–Crippen LogP) is 5.64. The first kappa shape index (κ1) is 11.4. The highest BCUT2D eigenvalue weighted by atomic mass is 79.9. The van der Waals surface area contributed by atoms with E-state index < -0.39 is 0 Å². The number of benzene rings is 2. The summed E-state index contributed by atoms with van der Waals surface area (Å²) >= 11 is 10.6. The van der Waals surface area contributed by atoms with Gasteiger partial charge in [-0.3, -0.25) is 0 Å². The second-order valence-electron chi connectivity index (χ2n) is 3.11. The van der Waals surface area contributed by atoms with Gasteiger partial charge in [0.05, 0.1) is 0 Å². The van der Waals surface area contributed by atoms with Crippen molar-refractivity contribution in [3.63, 3.8) is 0 Å². The highest BCUT2D eigenvalue weighted by molar-refractivity contribution is 9.13. The minimum absolute atomic E-state index is 1.05. The molecule has 0 heterocycles. The zero-order chi connectivity index (χ0) is 10.8. The number of rotatable bonds is 1. The van der Waals surface area contributed by atoms with Crippen molar-refractivity contribution in [3.05, 3.63) is 55.9 Å². The van der Waals surface area contributed by atoms with E-state index in [1.165, 1.54) is 11.1 Å².